The number of benzene rings is 2. The van der Waals surface area contributed by atoms with Crippen LogP contribution in [0.2, 0.25) is 5.02 Å². The molecule has 3 aromatic rings. The van der Waals surface area contributed by atoms with E-state index in [0.29, 0.717) is 50.0 Å². The zero-order valence-electron chi connectivity index (χ0n) is 26.5. The molecule has 1 spiro atoms. The number of H-pyrrole nitrogens is 1. The van der Waals surface area contributed by atoms with Crippen molar-refractivity contribution in [3.63, 3.8) is 0 Å². The summed E-state index contributed by atoms with van der Waals surface area (Å²) in [6.45, 7) is 6.15. The number of fused-ring (bicyclic) bond motifs is 1. The van der Waals surface area contributed by atoms with Crippen molar-refractivity contribution in [1.29, 1.82) is 0 Å². The number of carbonyl (C=O) groups excluding carboxylic acids is 3. The van der Waals surface area contributed by atoms with Crippen LogP contribution in [0, 0.1) is 10.8 Å². The zero-order valence-corrected chi connectivity index (χ0v) is 27.3. The summed E-state index contributed by atoms with van der Waals surface area (Å²) in [5.74, 6) is 0.302. The van der Waals surface area contributed by atoms with Crippen LogP contribution in [0.4, 0.5) is 4.79 Å². The van der Waals surface area contributed by atoms with Crippen LogP contribution >= 0.6 is 11.6 Å². The van der Waals surface area contributed by atoms with Crippen LogP contribution in [-0.2, 0) is 19.7 Å². The third-order valence-electron chi connectivity index (χ3n) is 11.2. The number of ether oxygens (including phenoxy) is 1. The molecule has 46 heavy (non-hydrogen) atoms. The Morgan fingerprint density at radius 3 is 2.52 bits per heavy atom. The van der Waals surface area contributed by atoms with Gasteiger partial charge in [-0.25, -0.2) is 9.78 Å². The highest BCUT2D eigenvalue weighted by molar-refractivity contribution is 6.31. The average Bonchev–Trinajstić information content (AvgIpc) is 3.47. The number of carbonyl (C=O) groups is 3. The maximum Gasteiger partial charge on any atom is 0.315 e. The maximum atomic E-state index is 14.2. The second-order valence-electron chi connectivity index (χ2n) is 14.0. The van der Waals surface area contributed by atoms with Gasteiger partial charge in [0.1, 0.15) is 11.9 Å². The Bertz CT molecular complexity index is 1660. The van der Waals surface area contributed by atoms with Crippen LogP contribution in [0.3, 0.4) is 0 Å². The lowest BCUT2D eigenvalue weighted by Gasteiger charge is -2.43. The molecule has 11 heteroatoms. The van der Waals surface area contributed by atoms with Crippen molar-refractivity contribution in [3.8, 4) is 0 Å². The van der Waals surface area contributed by atoms with Gasteiger partial charge in [0.05, 0.1) is 22.5 Å². The molecule has 0 bridgehead atoms. The van der Waals surface area contributed by atoms with E-state index < -0.39 is 17.5 Å². The normalized spacial score (nSPS) is 23.6. The van der Waals surface area contributed by atoms with Crippen LogP contribution in [-0.4, -0.2) is 60.2 Å². The topological polar surface area (TPSA) is 137 Å². The fourth-order valence-corrected chi connectivity index (χ4v) is 8.28. The first kappa shape index (κ1) is 31.0. The first-order chi connectivity index (χ1) is 22.2. The fourth-order valence-electron chi connectivity index (χ4n) is 8.03. The zero-order chi connectivity index (χ0) is 32.1. The van der Waals surface area contributed by atoms with E-state index in [9.17, 15) is 14.4 Å². The molecule has 2 saturated carbocycles. The summed E-state index contributed by atoms with van der Waals surface area (Å²) < 4.78 is 5.72. The van der Waals surface area contributed by atoms with Crippen LogP contribution in [0.15, 0.2) is 42.5 Å². The highest BCUT2D eigenvalue weighted by Crippen LogP contribution is 2.60. The molecule has 2 aromatic carbocycles. The molecule has 1 aromatic heterocycles. The molecule has 2 saturated heterocycles. The summed E-state index contributed by atoms with van der Waals surface area (Å²) in [5, 5.41) is 12.9. The Labute approximate surface area is 274 Å². The molecule has 244 valence electrons. The van der Waals surface area contributed by atoms with E-state index in [1.54, 1.807) is 0 Å². The number of nitrogens with zero attached hydrogens (tertiary/aromatic N) is 1. The van der Waals surface area contributed by atoms with Gasteiger partial charge >= 0.3 is 6.03 Å². The van der Waals surface area contributed by atoms with Gasteiger partial charge in [0.2, 0.25) is 11.8 Å². The predicted molar refractivity (Wildman–Crippen MR) is 176 cm³/mol. The average molecular weight is 647 g/mol. The summed E-state index contributed by atoms with van der Waals surface area (Å²) in [6.07, 6.45) is 6.01. The summed E-state index contributed by atoms with van der Waals surface area (Å²) in [7, 11) is 0. The standard InChI is InChI=1S/C35H43ClN6O4/c1-3-37-32(45)41-27(26(33(2)13-14-33)22-7-4-5-8-23(22)36)29-39-24-10-9-21(19-25(24)40-29)35(15-17-46-18-16-35)31(44)42-28-30(43)38-20-34(28)11-6-12-34/h4-5,7-10,19,26-28H,3,6,11-18,20H2,1-2H3,(H,38,43)(H,39,40)(H,42,44)(H2,37,41,45)/t26-,27-,28-/m0/s1. The van der Waals surface area contributed by atoms with Crippen LogP contribution in [0.5, 0.6) is 0 Å². The van der Waals surface area contributed by atoms with Gasteiger partial charge in [-0.2, -0.15) is 0 Å². The Hall–Kier alpha value is -3.63. The van der Waals surface area contributed by atoms with Gasteiger partial charge in [-0.05, 0) is 80.2 Å². The number of aromatic nitrogens is 2. The Balaban J connectivity index is 1.25. The molecule has 10 nitrogen and oxygen atoms in total. The maximum absolute atomic E-state index is 14.2. The molecule has 2 aliphatic carbocycles. The van der Waals surface area contributed by atoms with E-state index >= 15 is 0 Å². The molecular formula is C35H43ClN6O4. The summed E-state index contributed by atoms with van der Waals surface area (Å²) >= 11 is 6.78. The van der Waals surface area contributed by atoms with Crippen LogP contribution in [0.1, 0.15) is 87.7 Å². The minimum Gasteiger partial charge on any atom is -0.381 e. The number of imidazole rings is 1. The first-order valence-electron chi connectivity index (χ1n) is 16.6. The Morgan fingerprint density at radius 1 is 1.09 bits per heavy atom. The molecule has 4 amide bonds. The minimum atomic E-state index is -0.841. The van der Waals surface area contributed by atoms with Gasteiger partial charge < -0.3 is 31.0 Å². The van der Waals surface area contributed by atoms with Gasteiger partial charge in [-0.15, -0.1) is 0 Å². The van der Waals surface area contributed by atoms with Crippen molar-refractivity contribution >= 4 is 40.5 Å². The number of amides is 4. The molecule has 3 atom stereocenters. The minimum absolute atomic E-state index is 0.0616. The second-order valence-corrected chi connectivity index (χ2v) is 14.4. The van der Waals surface area contributed by atoms with E-state index in [4.69, 9.17) is 21.3 Å². The van der Waals surface area contributed by atoms with E-state index in [1.165, 1.54) is 0 Å². The third kappa shape index (κ3) is 5.33. The summed E-state index contributed by atoms with van der Waals surface area (Å²) in [5.41, 5.74) is 2.28. The highest BCUT2D eigenvalue weighted by Gasteiger charge is 2.55. The molecule has 0 unspecified atom stereocenters. The van der Waals surface area contributed by atoms with E-state index in [2.05, 4.69) is 33.2 Å². The number of nitrogens with one attached hydrogen (secondary N) is 5. The first-order valence-corrected chi connectivity index (χ1v) is 17.0. The van der Waals surface area contributed by atoms with Gasteiger partial charge in [0.15, 0.2) is 0 Å². The third-order valence-corrected chi connectivity index (χ3v) is 11.6. The number of urea groups is 1. The lowest BCUT2D eigenvalue weighted by molar-refractivity contribution is -0.136. The van der Waals surface area contributed by atoms with Crippen molar-refractivity contribution in [1.82, 2.24) is 31.2 Å². The summed E-state index contributed by atoms with van der Waals surface area (Å²) in [4.78, 5) is 48.7. The summed E-state index contributed by atoms with van der Waals surface area (Å²) in [6, 6.07) is 12.5. The lowest BCUT2D eigenvalue weighted by atomic mass is 9.65. The van der Waals surface area contributed by atoms with Crippen molar-refractivity contribution in [2.75, 3.05) is 26.3 Å². The van der Waals surface area contributed by atoms with Crippen molar-refractivity contribution < 1.29 is 19.1 Å². The molecule has 2 aliphatic heterocycles. The van der Waals surface area contributed by atoms with E-state index in [1.807, 2.05) is 49.4 Å². The number of aromatic amines is 1. The number of hydrogen-bond donors (Lipinski definition) is 5. The molecule has 4 fully saturated rings. The number of halogens is 1. The van der Waals surface area contributed by atoms with E-state index in [0.717, 1.165) is 54.3 Å². The molecule has 3 heterocycles. The van der Waals surface area contributed by atoms with Crippen LogP contribution < -0.4 is 21.3 Å². The Morgan fingerprint density at radius 2 is 1.85 bits per heavy atom. The SMILES string of the molecule is CCNC(=O)N[C@H](c1nc2ccc(C3(C(=O)N[C@H]4C(=O)NCC45CCC5)CCOCC3)cc2[nH]1)[C@H](c1ccccc1Cl)C1(C)CC1. The molecular weight excluding hydrogens is 604 g/mol. The van der Waals surface area contributed by atoms with E-state index in [-0.39, 0.29) is 34.6 Å². The van der Waals surface area contributed by atoms with Crippen molar-refractivity contribution in [2.45, 2.75) is 82.2 Å². The smallest absolute Gasteiger partial charge is 0.315 e. The van der Waals surface area contributed by atoms with Gasteiger partial charge in [0, 0.05) is 42.7 Å². The molecule has 4 aliphatic rings. The lowest BCUT2D eigenvalue weighted by Crippen LogP contribution is -2.57. The molecule has 0 radical (unpaired) electrons. The Kier molecular flexibility index (Phi) is 8.00. The van der Waals surface area contributed by atoms with Crippen molar-refractivity contribution in [2.24, 2.45) is 10.8 Å². The quantitative estimate of drug-likeness (QED) is 0.223. The second kappa shape index (κ2) is 11.9. The number of hydrogen-bond acceptors (Lipinski definition) is 5. The van der Waals surface area contributed by atoms with Gasteiger partial charge in [0.25, 0.3) is 0 Å². The monoisotopic (exact) mass is 646 g/mol. The van der Waals surface area contributed by atoms with Crippen LogP contribution in [0.25, 0.3) is 11.0 Å². The highest BCUT2D eigenvalue weighted by atomic mass is 35.5. The largest absolute Gasteiger partial charge is 0.381 e. The molecule has 5 N–H and O–H groups in total. The van der Waals surface area contributed by atoms with Gasteiger partial charge in [-0.3, -0.25) is 9.59 Å². The fraction of sp³-hybridized carbons (Fsp3) is 0.543. The van der Waals surface area contributed by atoms with Gasteiger partial charge in [-0.1, -0.05) is 49.2 Å². The van der Waals surface area contributed by atoms with Crippen molar-refractivity contribution in [3.05, 3.63) is 64.4 Å². The number of rotatable bonds is 9. The molecule has 7 rings (SSSR count). The predicted octanol–water partition coefficient (Wildman–Crippen LogP) is 4.99.